The summed E-state index contributed by atoms with van der Waals surface area (Å²) in [5.74, 6) is 0. The van der Waals surface area contributed by atoms with Gasteiger partial charge in [0.15, 0.2) is 0 Å². The zero-order valence-corrected chi connectivity index (χ0v) is 14.5. The Morgan fingerprint density at radius 3 is 2.75 bits per heavy atom. The predicted octanol–water partition coefficient (Wildman–Crippen LogP) is 1.98. The molecule has 0 spiro atoms. The predicted molar refractivity (Wildman–Crippen MR) is 90.7 cm³/mol. The Morgan fingerprint density at radius 2 is 2.12 bits per heavy atom. The second-order valence-electron chi connectivity index (χ2n) is 6.94. The highest BCUT2D eigenvalue weighted by atomic mass is 16.6. The van der Waals surface area contributed by atoms with Crippen LogP contribution in [-0.2, 0) is 20.8 Å². The van der Waals surface area contributed by atoms with Gasteiger partial charge in [0, 0.05) is 19.6 Å². The molecule has 1 saturated heterocycles. The third kappa shape index (κ3) is 5.94. The number of carbonyl (C=O) groups excluding carboxylic acids is 2. The molecule has 2 rings (SSSR count). The van der Waals surface area contributed by atoms with Crippen LogP contribution in [0.25, 0.3) is 0 Å². The maximum atomic E-state index is 11.9. The molecule has 0 aliphatic carbocycles. The number of ether oxygens (including phenoxy) is 2. The molecule has 1 amide bonds. The Labute approximate surface area is 143 Å². The van der Waals surface area contributed by atoms with E-state index in [-0.39, 0.29) is 6.10 Å². The molecule has 1 aliphatic heterocycles. The summed E-state index contributed by atoms with van der Waals surface area (Å²) < 4.78 is 10.9. The van der Waals surface area contributed by atoms with E-state index >= 15 is 0 Å². The minimum Gasteiger partial charge on any atom is -0.444 e. The average molecular weight is 334 g/mol. The summed E-state index contributed by atoms with van der Waals surface area (Å²) in [6.45, 7) is 8.03. The van der Waals surface area contributed by atoms with Gasteiger partial charge >= 0.3 is 6.09 Å². The van der Waals surface area contributed by atoms with Gasteiger partial charge in [-0.25, -0.2) is 4.79 Å². The van der Waals surface area contributed by atoms with Crippen molar-refractivity contribution >= 4 is 12.4 Å². The van der Waals surface area contributed by atoms with Crippen molar-refractivity contribution in [2.75, 3.05) is 19.7 Å². The van der Waals surface area contributed by atoms with Crippen molar-refractivity contribution in [3.8, 4) is 0 Å². The van der Waals surface area contributed by atoms with E-state index in [1.54, 1.807) is 20.8 Å². The Hall–Kier alpha value is -1.92. The van der Waals surface area contributed by atoms with Crippen LogP contribution in [0, 0.1) is 0 Å². The average Bonchev–Trinajstić information content (AvgIpc) is 2.52. The first-order valence-corrected chi connectivity index (χ1v) is 8.20. The lowest BCUT2D eigenvalue weighted by molar-refractivity contribution is -0.116. The third-order valence-corrected chi connectivity index (χ3v) is 3.66. The largest absolute Gasteiger partial charge is 0.444 e. The maximum Gasteiger partial charge on any atom is 0.408 e. The lowest BCUT2D eigenvalue weighted by Crippen LogP contribution is -2.54. The van der Waals surface area contributed by atoms with Gasteiger partial charge in [0.05, 0.1) is 12.7 Å². The Morgan fingerprint density at radius 1 is 1.42 bits per heavy atom. The topological polar surface area (TPSA) is 67.9 Å². The molecule has 132 valence electrons. The summed E-state index contributed by atoms with van der Waals surface area (Å²) in [6, 6.07) is 9.41. The molecule has 1 heterocycles. The van der Waals surface area contributed by atoms with Crippen molar-refractivity contribution in [3.05, 3.63) is 35.9 Å². The van der Waals surface area contributed by atoms with E-state index in [1.165, 1.54) is 5.56 Å². The summed E-state index contributed by atoms with van der Waals surface area (Å²) in [6.07, 6.45) is -0.281. The number of nitrogens with one attached hydrogen (secondary N) is 1. The number of hydrogen-bond donors (Lipinski definition) is 1. The van der Waals surface area contributed by atoms with Gasteiger partial charge in [-0.3, -0.25) is 4.90 Å². The number of nitrogens with zero attached hydrogens (tertiary/aromatic N) is 1. The first kappa shape index (κ1) is 18.4. The summed E-state index contributed by atoms with van der Waals surface area (Å²) in [4.78, 5) is 25.5. The minimum absolute atomic E-state index is 0.382. The van der Waals surface area contributed by atoms with E-state index in [0.717, 1.165) is 13.1 Å². The molecular formula is C18H26N2O4. The molecule has 0 saturated carbocycles. The van der Waals surface area contributed by atoms with Crippen LogP contribution in [0.5, 0.6) is 0 Å². The van der Waals surface area contributed by atoms with Crippen LogP contribution in [0.1, 0.15) is 26.3 Å². The van der Waals surface area contributed by atoms with Gasteiger partial charge in [0.2, 0.25) is 0 Å². The number of rotatable bonds is 5. The molecule has 1 fully saturated rings. The SMILES string of the molecule is CC(C)(C)OC(=O)NC(C=O)C1CN(Cc2ccccc2)CCO1. The maximum absolute atomic E-state index is 11.9. The molecule has 1 aromatic rings. The number of amides is 1. The van der Waals surface area contributed by atoms with Crippen LogP contribution in [0.2, 0.25) is 0 Å². The molecule has 0 bridgehead atoms. The van der Waals surface area contributed by atoms with Crippen molar-refractivity contribution in [1.29, 1.82) is 0 Å². The van der Waals surface area contributed by atoms with E-state index in [9.17, 15) is 9.59 Å². The lowest BCUT2D eigenvalue weighted by Gasteiger charge is -2.35. The fourth-order valence-corrected chi connectivity index (χ4v) is 2.59. The number of benzene rings is 1. The molecule has 2 unspecified atom stereocenters. The van der Waals surface area contributed by atoms with E-state index in [4.69, 9.17) is 9.47 Å². The standard InChI is InChI=1S/C18H26N2O4/c1-18(2,3)24-17(22)19-15(13-21)16-12-20(9-10-23-16)11-14-7-5-4-6-8-14/h4-8,13,15-16H,9-12H2,1-3H3,(H,19,22). The first-order chi connectivity index (χ1) is 11.4. The van der Waals surface area contributed by atoms with E-state index in [1.807, 2.05) is 18.2 Å². The zero-order chi connectivity index (χ0) is 17.6. The number of hydrogen-bond acceptors (Lipinski definition) is 5. The smallest absolute Gasteiger partial charge is 0.408 e. The fraction of sp³-hybridized carbons (Fsp3) is 0.556. The number of aldehydes is 1. The minimum atomic E-state index is -0.724. The van der Waals surface area contributed by atoms with Crippen LogP contribution in [0.15, 0.2) is 30.3 Å². The molecule has 6 heteroatoms. The molecule has 1 N–H and O–H groups in total. The van der Waals surface area contributed by atoms with Crippen molar-refractivity contribution in [1.82, 2.24) is 10.2 Å². The van der Waals surface area contributed by atoms with E-state index < -0.39 is 17.7 Å². The lowest BCUT2D eigenvalue weighted by atomic mass is 10.1. The Balaban J connectivity index is 1.91. The van der Waals surface area contributed by atoms with Crippen molar-refractivity contribution in [2.45, 2.75) is 45.1 Å². The van der Waals surface area contributed by atoms with Gasteiger partial charge in [-0.2, -0.15) is 0 Å². The van der Waals surface area contributed by atoms with Gasteiger partial charge in [-0.05, 0) is 26.3 Å². The number of morpholine rings is 1. The van der Waals surface area contributed by atoms with Crippen molar-refractivity contribution in [3.63, 3.8) is 0 Å². The molecular weight excluding hydrogens is 308 g/mol. The van der Waals surface area contributed by atoms with E-state index in [2.05, 4.69) is 22.3 Å². The highest BCUT2D eigenvalue weighted by molar-refractivity contribution is 5.73. The highest BCUT2D eigenvalue weighted by Gasteiger charge is 2.30. The number of carbonyl (C=O) groups is 2. The molecule has 0 aromatic heterocycles. The van der Waals surface area contributed by atoms with Gasteiger partial charge in [-0.1, -0.05) is 30.3 Å². The van der Waals surface area contributed by atoms with E-state index in [0.29, 0.717) is 19.4 Å². The monoisotopic (exact) mass is 334 g/mol. The first-order valence-electron chi connectivity index (χ1n) is 8.20. The molecule has 1 aromatic carbocycles. The Kier molecular flexibility index (Phi) is 6.34. The fourth-order valence-electron chi connectivity index (χ4n) is 2.59. The summed E-state index contributed by atoms with van der Waals surface area (Å²) >= 11 is 0. The van der Waals surface area contributed by atoms with Crippen LogP contribution < -0.4 is 5.32 Å². The molecule has 6 nitrogen and oxygen atoms in total. The normalized spacial score (nSPS) is 20.2. The molecule has 24 heavy (non-hydrogen) atoms. The molecule has 0 radical (unpaired) electrons. The Bertz CT molecular complexity index is 542. The van der Waals surface area contributed by atoms with Crippen LogP contribution in [-0.4, -0.2) is 54.7 Å². The third-order valence-electron chi connectivity index (χ3n) is 3.66. The van der Waals surface area contributed by atoms with Crippen LogP contribution in [0.4, 0.5) is 4.79 Å². The van der Waals surface area contributed by atoms with Crippen LogP contribution in [0.3, 0.4) is 0 Å². The zero-order valence-electron chi connectivity index (χ0n) is 14.5. The molecule has 2 atom stereocenters. The summed E-state index contributed by atoms with van der Waals surface area (Å²) in [5, 5.41) is 2.60. The summed E-state index contributed by atoms with van der Waals surface area (Å²) in [5.41, 5.74) is 0.602. The van der Waals surface area contributed by atoms with Gasteiger partial charge in [0.25, 0.3) is 0 Å². The second-order valence-corrected chi connectivity index (χ2v) is 6.94. The molecule has 1 aliphatic rings. The van der Waals surface area contributed by atoms with Gasteiger partial charge < -0.3 is 19.6 Å². The van der Waals surface area contributed by atoms with Gasteiger partial charge in [-0.15, -0.1) is 0 Å². The quantitative estimate of drug-likeness (QED) is 0.834. The summed E-state index contributed by atoms with van der Waals surface area (Å²) in [7, 11) is 0. The van der Waals surface area contributed by atoms with Crippen molar-refractivity contribution < 1.29 is 19.1 Å². The van der Waals surface area contributed by atoms with Gasteiger partial charge in [0.1, 0.15) is 17.9 Å². The number of alkyl carbamates (subject to hydrolysis) is 1. The highest BCUT2D eigenvalue weighted by Crippen LogP contribution is 2.13. The van der Waals surface area contributed by atoms with Crippen LogP contribution >= 0.6 is 0 Å². The van der Waals surface area contributed by atoms with Crippen molar-refractivity contribution in [2.24, 2.45) is 0 Å². The second kappa shape index (κ2) is 8.26.